The fraction of sp³-hybridized carbons (Fsp3) is 0.900. The van der Waals surface area contributed by atoms with Crippen LogP contribution in [-0.4, -0.2) is 35.9 Å². The summed E-state index contributed by atoms with van der Waals surface area (Å²) < 4.78 is 4.96. The lowest BCUT2D eigenvalue weighted by molar-refractivity contribution is -0.154. The first-order valence-corrected chi connectivity index (χ1v) is 5.33. The highest BCUT2D eigenvalue weighted by atomic mass is 16.5. The largest absolute Gasteiger partial charge is 0.466 e. The molecule has 0 aromatic heterocycles. The van der Waals surface area contributed by atoms with Gasteiger partial charge in [0.2, 0.25) is 0 Å². The Balaban J connectivity index is 2.05. The first kappa shape index (κ1) is 9.93. The van der Waals surface area contributed by atoms with Gasteiger partial charge in [0.05, 0.1) is 18.6 Å². The van der Waals surface area contributed by atoms with Crippen molar-refractivity contribution in [1.82, 2.24) is 5.32 Å². The maximum absolute atomic E-state index is 11.6. The topological polar surface area (TPSA) is 58.6 Å². The summed E-state index contributed by atoms with van der Waals surface area (Å²) in [5.74, 6) is -0.605. The van der Waals surface area contributed by atoms with Gasteiger partial charge in [-0.3, -0.25) is 4.79 Å². The summed E-state index contributed by atoms with van der Waals surface area (Å²) >= 11 is 0. The molecule has 0 unspecified atom stereocenters. The smallest absolute Gasteiger partial charge is 0.313 e. The molecule has 4 heteroatoms. The highest BCUT2D eigenvalue weighted by molar-refractivity contribution is 5.74. The fourth-order valence-electron chi connectivity index (χ4n) is 2.59. The summed E-state index contributed by atoms with van der Waals surface area (Å²) in [5, 5.41) is 13.2. The van der Waals surface area contributed by atoms with Crippen molar-refractivity contribution in [3.8, 4) is 0 Å². The number of carbonyl (C=O) groups is 1. The highest BCUT2D eigenvalue weighted by Gasteiger charge is 2.45. The number of hydrogen-bond donors (Lipinski definition) is 2. The standard InChI is InChI=1S/C10H17NO3/c1-2-14-10(13)9-7-4-3-6(11-7)5-8(9)12/h6-9,11-12H,2-5H2,1H3/t6-,7+,8-,9+/m0/s1. The van der Waals surface area contributed by atoms with Crippen molar-refractivity contribution in [3.63, 3.8) is 0 Å². The van der Waals surface area contributed by atoms with Crippen molar-refractivity contribution in [2.75, 3.05) is 6.61 Å². The van der Waals surface area contributed by atoms with E-state index in [0.717, 1.165) is 12.8 Å². The van der Waals surface area contributed by atoms with Gasteiger partial charge in [-0.05, 0) is 26.2 Å². The summed E-state index contributed by atoms with van der Waals surface area (Å²) in [5.41, 5.74) is 0. The molecule has 2 N–H and O–H groups in total. The van der Waals surface area contributed by atoms with Crippen LogP contribution in [0.5, 0.6) is 0 Å². The number of esters is 1. The first-order valence-electron chi connectivity index (χ1n) is 5.33. The Bertz CT molecular complexity index is 231. The maximum atomic E-state index is 11.6. The number of ether oxygens (including phenoxy) is 1. The summed E-state index contributed by atoms with van der Waals surface area (Å²) in [6, 6.07) is 0.531. The Morgan fingerprint density at radius 3 is 3.07 bits per heavy atom. The minimum absolute atomic E-state index is 0.128. The predicted molar refractivity (Wildman–Crippen MR) is 50.7 cm³/mol. The van der Waals surface area contributed by atoms with Gasteiger partial charge in [-0.2, -0.15) is 0 Å². The summed E-state index contributed by atoms with van der Waals surface area (Å²) in [6.45, 7) is 2.18. The number of fused-ring (bicyclic) bond motifs is 2. The second-order valence-electron chi connectivity index (χ2n) is 4.13. The van der Waals surface area contributed by atoms with Crippen LogP contribution in [-0.2, 0) is 9.53 Å². The van der Waals surface area contributed by atoms with E-state index < -0.39 is 6.10 Å². The maximum Gasteiger partial charge on any atom is 0.313 e. The zero-order chi connectivity index (χ0) is 10.1. The lowest BCUT2D eigenvalue weighted by Gasteiger charge is -2.32. The van der Waals surface area contributed by atoms with Crippen LogP contribution in [0.2, 0.25) is 0 Å². The Hall–Kier alpha value is -0.610. The van der Waals surface area contributed by atoms with Gasteiger partial charge in [-0.15, -0.1) is 0 Å². The van der Waals surface area contributed by atoms with Crippen molar-refractivity contribution >= 4 is 5.97 Å². The lowest BCUT2D eigenvalue weighted by Crippen LogP contribution is -2.51. The van der Waals surface area contributed by atoms with Crippen molar-refractivity contribution in [2.45, 2.75) is 44.4 Å². The molecule has 2 aliphatic rings. The molecule has 2 bridgehead atoms. The van der Waals surface area contributed by atoms with E-state index in [0.29, 0.717) is 19.1 Å². The second-order valence-corrected chi connectivity index (χ2v) is 4.13. The van der Waals surface area contributed by atoms with Crippen molar-refractivity contribution in [3.05, 3.63) is 0 Å². The van der Waals surface area contributed by atoms with Crippen molar-refractivity contribution in [1.29, 1.82) is 0 Å². The monoisotopic (exact) mass is 199 g/mol. The molecule has 2 heterocycles. The number of piperidine rings is 1. The molecular weight excluding hydrogens is 182 g/mol. The summed E-state index contributed by atoms with van der Waals surface area (Å²) in [7, 11) is 0. The van der Waals surface area contributed by atoms with Crippen molar-refractivity contribution < 1.29 is 14.6 Å². The average molecular weight is 199 g/mol. The van der Waals surface area contributed by atoms with Crippen LogP contribution in [0.1, 0.15) is 26.2 Å². The average Bonchev–Trinajstić information content (AvgIpc) is 2.48. The van der Waals surface area contributed by atoms with E-state index in [4.69, 9.17) is 4.74 Å². The molecule has 2 aliphatic heterocycles. The Kier molecular flexibility index (Phi) is 2.74. The van der Waals surface area contributed by atoms with Crippen LogP contribution < -0.4 is 5.32 Å². The van der Waals surface area contributed by atoms with E-state index in [2.05, 4.69) is 5.32 Å². The van der Waals surface area contributed by atoms with Crippen LogP contribution in [0.25, 0.3) is 0 Å². The molecule has 0 spiro atoms. The van der Waals surface area contributed by atoms with Gasteiger partial charge < -0.3 is 15.2 Å². The normalized spacial score (nSPS) is 41.0. The van der Waals surface area contributed by atoms with Crippen LogP contribution in [0, 0.1) is 5.92 Å². The van der Waals surface area contributed by atoms with Crippen LogP contribution >= 0.6 is 0 Å². The van der Waals surface area contributed by atoms with E-state index >= 15 is 0 Å². The summed E-state index contributed by atoms with van der Waals surface area (Å²) in [6.07, 6.45) is 2.20. The molecule has 0 aromatic rings. The Labute approximate surface area is 83.6 Å². The molecule has 80 valence electrons. The van der Waals surface area contributed by atoms with Gasteiger partial charge in [-0.1, -0.05) is 0 Å². The molecule has 0 saturated carbocycles. The quantitative estimate of drug-likeness (QED) is 0.617. The zero-order valence-electron chi connectivity index (χ0n) is 8.40. The van der Waals surface area contributed by atoms with E-state index in [1.54, 1.807) is 6.92 Å². The molecule has 0 amide bonds. The number of aliphatic hydroxyl groups is 1. The third-order valence-electron chi connectivity index (χ3n) is 3.21. The fourth-order valence-corrected chi connectivity index (χ4v) is 2.59. The Morgan fingerprint density at radius 2 is 2.36 bits per heavy atom. The van der Waals surface area contributed by atoms with Gasteiger partial charge in [0.15, 0.2) is 0 Å². The molecule has 4 atom stereocenters. The minimum atomic E-state index is -0.521. The molecule has 2 fully saturated rings. The number of aliphatic hydroxyl groups excluding tert-OH is 1. The van der Waals surface area contributed by atoms with Gasteiger partial charge in [0.1, 0.15) is 0 Å². The van der Waals surface area contributed by atoms with E-state index in [9.17, 15) is 9.90 Å². The predicted octanol–water partition coefficient (Wildman–Crippen LogP) is 0.0509. The number of rotatable bonds is 2. The minimum Gasteiger partial charge on any atom is -0.466 e. The number of hydrogen-bond acceptors (Lipinski definition) is 4. The van der Waals surface area contributed by atoms with Gasteiger partial charge in [0.25, 0.3) is 0 Å². The number of nitrogens with one attached hydrogen (secondary N) is 1. The van der Waals surface area contributed by atoms with Crippen LogP contribution in [0.4, 0.5) is 0 Å². The molecular formula is C10H17NO3. The van der Waals surface area contributed by atoms with Gasteiger partial charge in [-0.25, -0.2) is 0 Å². The highest BCUT2D eigenvalue weighted by Crippen LogP contribution is 2.32. The van der Waals surface area contributed by atoms with E-state index in [-0.39, 0.29) is 17.9 Å². The van der Waals surface area contributed by atoms with Crippen LogP contribution in [0.15, 0.2) is 0 Å². The molecule has 14 heavy (non-hydrogen) atoms. The van der Waals surface area contributed by atoms with Gasteiger partial charge in [0, 0.05) is 12.1 Å². The molecule has 0 aromatic carbocycles. The Morgan fingerprint density at radius 1 is 1.57 bits per heavy atom. The first-order chi connectivity index (χ1) is 6.72. The second kappa shape index (κ2) is 3.87. The molecule has 0 radical (unpaired) electrons. The van der Waals surface area contributed by atoms with Crippen molar-refractivity contribution in [2.24, 2.45) is 5.92 Å². The third kappa shape index (κ3) is 1.64. The lowest BCUT2D eigenvalue weighted by atomic mass is 9.89. The molecule has 2 rings (SSSR count). The molecule has 4 nitrogen and oxygen atoms in total. The molecule has 2 saturated heterocycles. The summed E-state index contributed by atoms with van der Waals surface area (Å²) in [4.78, 5) is 11.6. The van der Waals surface area contributed by atoms with Gasteiger partial charge >= 0.3 is 5.97 Å². The third-order valence-corrected chi connectivity index (χ3v) is 3.21. The van der Waals surface area contributed by atoms with Crippen LogP contribution in [0.3, 0.4) is 0 Å². The number of carbonyl (C=O) groups excluding carboxylic acids is 1. The SMILES string of the molecule is CCOC(=O)[C@H]1[C@@H](O)C[C@@H]2CC[C@H]1N2. The van der Waals surface area contributed by atoms with E-state index in [1.807, 2.05) is 0 Å². The zero-order valence-corrected chi connectivity index (χ0v) is 8.40. The molecule has 0 aliphatic carbocycles. The van der Waals surface area contributed by atoms with E-state index in [1.165, 1.54) is 0 Å².